The first kappa shape index (κ1) is 12.6. The van der Waals surface area contributed by atoms with Crippen LogP contribution >= 0.6 is 0 Å². The summed E-state index contributed by atoms with van der Waals surface area (Å²) in [5.74, 6) is 0. The van der Waals surface area contributed by atoms with Crippen LogP contribution < -0.4 is 5.49 Å². The molecule has 2 aromatic rings. The number of aromatic nitrogens is 3. The highest BCUT2D eigenvalue weighted by Crippen LogP contribution is 2.12. The standard InChI is InChI=1S/C11H14N4O2S/c1-9-4-6-10(7-5-9)18(16,17)13-11-8-12-15(3)14(11)2/h4-8H,1-3H3/b13-11-. The van der Waals surface area contributed by atoms with Crippen LogP contribution in [0.15, 0.2) is 39.8 Å². The predicted molar refractivity (Wildman–Crippen MR) is 66.1 cm³/mol. The fourth-order valence-corrected chi connectivity index (χ4v) is 2.41. The van der Waals surface area contributed by atoms with Crippen LogP contribution in [0.1, 0.15) is 5.56 Å². The third-order valence-electron chi connectivity index (χ3n) is 2.64. The van der Waals surface area contributed by atoms with Crippen molar-refractivity contribution < 1.29 is 8.42 Å². The van der Waals surface area contributed by atoms with E-state index in [1.54, 1.807) is 43.0 Å². The molecule has 0 saturated carbocycles. The number of benzene rings is 1. The van der Waals surface area contributed by atoms with Crippen LogP contribution in [0.2, 0.25) is 0 Å². The summed E-state index contributed by atoms with van der Waals surface area (Å²) in [6, 6.07) is 6.58. The second-order valence-electron chi connectivity index (χ2n) is 4.00. The van der Waals surface area contributed by atoms with E-state index >= 15 is 0 Å². The molecule has 0 saturated heterocycles. The van der Waals surface area contributed by atoms with Gasteiger partial charge in [-0.3, -0.25) is 4.68 Å². The Balaban J connectivity index is 2.54. The topological polar surface area (TPSA) is 69.2 Å². The normalized spacial score (nSPS) is 12.9. The summed E-state index contributed by atoms with van der Waals surface area (Å²) in [5, 5.41) is 3.93. The Hall–Kier alpha value is -1.89. The van der Waals surface area contributed by atoms with E-state index in [9.17, 15) is 8.42 Å². The molecule has 1 aromatic carbocycles. The number of nitrogens with zero attached hydrogens (tertiary/aromatic N) is 4. The number of rotatable bonds is 2. The molecular weight excluding hydrogens is 252 g/mol. The Morgan fingerprint density at radius 2 is 1.78 bits per heavy atom. The largest absolute Gasteiger partial charge is 0.284 e. The fraction of sp³-hybridized carbons (Fsp3) is 0.273. The van der Waals surface area contributed by atoms with Crippen LogP contribution in [0, 0.1) is 6.92 Å². The summed E-state index contributed by atoms with van der Waals surface area (Å²) < 4.78 is 29.4. The van der Waals surface area contributed by atoms with Gasteiger partial charge in [-0.25, -0.2) is 4.80 Å². The molecule has 0 unspecified atom stereocenters. The molecule has 96 valence electrons. The lowest BCUT2D eigenvalue weighted by Gasteiger charge is -2.00. The lowest BCUT2D eigenvalue weighted by Crippen LogP contribution is -2.20. The minimum atomic E-state index is -3.69. The number of aryl methyl sites for hydroxylation is 2. The maximum atomic E-state index is 12.1. The molecule has 18 heavy (non-hydrogen) atoms. The average molecular weight is 266 g/mol. The van der Waals surface area contributed by atoms with E-state index < -0.39 is 10.0 Å². The molecule has 7 heteroatoms. The summed E-state index contributed by atoms with van der Waals surface area (Å²) in [5.41, 5.74) is 1.29. The third kappa shape index (κ3) is 2.35. The summed E-state index contributed by atoms with van der Waals surface area (Å²) in [4.78, 5) is 1.68. The molecule has 0 bridgehead atoms. The highest BCUT2D eigenvalue weighted by atomic mass is 32.2. The number of hydrogen-bond acceptors (Lipinski definition) is 3. The Morgan fingerprint density at radius 1 is 1.17 bits per heavy atom. The Labute approximate surface area is 105 Å². The monoisotopic (exact) mass is 266 g/mol. The van der Waals surface area contributed by atoms with Crippen molar-refractivity contribution in [2.24, 2.45) is 18.5 Å². The van der Waals surface area contributed by atoms with Crippen LogP contribution in [0.25, 0.3) is 0 Å². The van der Waals surface area contributed by atoms with E-state index in [-0.39, 0.29) is 10.4 Å². The second kappa shape index (κ2) is 4.41. The molecule has 1 aromatic heterocycles. The van der Waals surface area contributed by atoms with E-state index in [1.165, 1.54) is 11.0 Å². The van der Waals surface area contributed by atoms with Crippen LogP contribution in [-0.2, 0) is 24.1 Å². The van der Waals surface area contributed by atoms with Gasteiger partial charge in [0.05, 0.1) is 11.1 Å². The Kier molecular flexibility index (Phi) is 3.08. The number of hydrogen-bond donors (Lipinski definition) is 0. The molecule has 0 fully saturated rings. The van der Waals surface area contributed by atoms with Gasteiger partial charge in [0.2, 0.25) is 0 Å². The molecule has 0 N–H and O–H groups in total. The van der Waals surface area contributed by atoms with Crippen molar-refractivity contribution in [2.45, 2.75) is 11.8 Å². The molecule has 0 aliphatic heterocycles. The third-order valence-corrected chi connectivity index (χ3v) is 3.93. The van der Waals surface area contributed by atoms with Crippen molar-refractivity contribution in [2.75, 3.05) is 0 Å². The SMILES string of the molecule is Cc1ccc(S(=O)(=O)/N=c2/cnn(C)n2C)cc1. The van der Waals surface area contributed by atoms with Crippen molar-refractivity contribution in [1.82, 2.24) is 14.6 Å². The lowest BCUT2D eigenvalue weighted by atomic mass is 10.2. The lowest BCUT2D eigenvalue weighted by molar-refractivity contribution is 0.512. The van der Waals surface area contributed by atoms with Crippen LogP contribution in [0.4, 0.5) is 0 Å². The van der Waals surface area contributed by atoms with E-state index in [0.29, 0.717) is 0 Å². The van der Waals surface area contributed by atoms with E-state index in [4.69, 9.17) is 0 Å². The number of sulfonamides is 1. The van der Waals surface area contributed by atoms with Gasteiger partial charge in [0, 0.05) is 14.1 Å². The van der Waals surface area contributed by atoms with E-state index in [0.717, 1.165) is 5.56 Å². The van der Waals surface area contributed by atoms with Crippen LogP contribution in [0.5, 0.6) is 0 Å². The molecule has 0 radical (unpaired) electrons. The van der Waals surface area contributed by atoms with Crippen LogP contribution in [0.3, 0.4) is 0 Å². The predicted octanol–water partition coefficient (Wildman–Crippen LogP) is 0.357. The quantitative estimate of drug-likeness (QED) is 0.788. The second-order valence-corrected chi connectivity index (χ2v) is 5.60. The van der Waals surface area contributed by atoms with E-state index in [1.807, 2.05) is 6.92 Å². The van der Waals surface area contributed by atoms with Crippen molar-refractivity contribution >= 4 is 10.0 Å². The first-order valence-electron chi connectivity index (χ1n) is 5.33. The molecule has 0 amide bonds. The van der Waals surface area contributed by atoms with Crippen molar-refractivity contribution in [3.63, 3.8) is 0 Å². The van der Waals surface area contributed by atoms with Gasteiger partial charge in [-0.15, -0.1) is 4.40 Å². The average Bonchev–Trinajstić information content (AvgIpc) is 2.61. The minimum absolute atomic E-state index is 0.178. The first-order chi connectivity index (χ1) is 8.40. The highest BCUT2D eigenvalue weighted by Gasteiger charge is 2.12. The molecule has 1 heterocycles. The fourth-order valence-electron chi connectivity index (χ4n) is 1.41. The molecule has 0 spiro atoms. The summed E-state index contributed by atoms with van der Waals surface area (Å²) in [6.07, 6.45) is 1.41. The van der Waals surface area contributed by atoms with Crippen LogP contribution in [-0.4, -0.2) is 23.0 Å². The van der Waals surface area contributed by atoms with Gasteiger partial charge in [0.25, 0.3) is 10.0 Å². The van der Waals surface area contributed by atoms with E-state index in [2.05, 4.69) is 9.50 Å². The van der Waals surface area contributed by atoms with Gasteiger partial charge in [-0.05, 0) is 19.1 Å². The smallest absolute Gasteiger partial charge is 0.253 e. The van der Waals surface area contributed by atoms with Gasteiger partial charge in [-0.2, -0.15) is 13.5 Å². The zero-order chi connectivity index (χ0) is 13.3. The maximum Gasteiger partial charge on any atom is 0.284 e. The molecule has 0 aliphatic carbocycles. The maximum absolute atomic E-state index is 12.1. The zero-order valence-electron chi connectivity index (χ0n) is 10.4. The summed E-state index contributed by atoms with van der Waals surface area (Å²) in [6.45, 7) is 1.90. The molecular formula is C11H14N4O2S. The van der Waals surface area contributed by atoms with Crippen molar-refractivity contribution in [3.8, 4) is 0 Å². The van der Waals surface area contributed by atoms with Crippen molar-refractivity contribution in [3.05, 3.63) is 41.5 Å². The van der Waals surface area contributed by atoms with Gasteiger partial charge in [0.15, 0.2) is 5.49 Å². The van der Waals surface area contributed by atoms with Gasteiger partial charge in [0.1, 0.15) is 0 Å². The minimum Gasteiger partial charge on any atom is -0.253 e. The van der Waals surface area contributed by atoms with Gasteiger partial charge >= 0.3 is 0 Å². The molecule has 6 nitrogen and oxygen atoms in total. The summed E-state index contributed by atoms with van der Waals surface area (Å²) in [7, 11) is -0.292. The first-order valence-corrected chi connectivity index (χ1v) is 6.77. The Bertz CT molecular complexity index is 723. The molecule has 0 atom stereocenters. The van der Waals surface area contributed by atoms with Gasteiger partial charge < -0.3 is 0 Å². The Morgan fingerprint density at radius 3 is 2.28 bits per heavy atom. The van der Waals surface area contributed by atoms with Gasteiger partial charge in [-0.1, -0.05) is 17.7 Å². The molecule has 0 aliphatic rings. The zero-order valence-corrected chi connectivity index (χ0v) is 11.2. The van der Waals surface area contributed by atoms with Crippen molar-refractivity contribution in [1.29, 1.82) is 0 Å². The summed E-state index contributed by atoms with van der Waals surface area (Å²) >= 11 is 0. The molecule has 2 rings (SSSR count). The highest BCUT2D eigenvalue weighted by molar-refractivity contribution is 7.90.